The Kier molecular flexibility index (Phi) is 5.57. The van der Waals surface area contributed by atoms with E-state index in [-0.39, 0.29) is 24.3 Å². The molecule has 1 fully saturated rings. The average Bonchev–Trinajstić information content (AvgIpc) is 3.21. The van der Waals surface area contributed by atoms with Crippen LogP contribution in [-0.2, 0) is 11.3 Å². The quantitative estimate of drug-likeness (QED) is 0.739. The number of rotatable bonds is 6. The minimum absolute atomic E-state index is 0.167. The van der Waals surface area contributed by atoms with Gasteiger partial charge in [-0.3, -0.25) is 4.79 Å². The Bertz CT molecular complexity index is 663. The molecule has 1 amide bonds. The molecule has 0 saturated carbocycles. The first-order chi connectivity index (χ1) is 11.6. The number of carbonyl (C=O) groups is 1. The van der Waals surface area contributed by atoms with E-state index in [1.807, 2.05) is 17.5 Å². The van der Waals surface area contributed by atoms with E-state index < -0.39 is 12.2 Å². The third kappa shape index (κ3) is 4.18. The first-order valence-corrected chi connectivity index (χ1v) is 8.60. The summed E-state index contributed by atoms with van der Waals surface area (Å²) in [7, 11) is 0. The number of amides is 1. The number of benzene rings is 1. The molecule has 1 saturated heterocycles. The molecule has 0 radical (unpaired) electrons. The highest BCUT2D eigenvalue weighted by molar-refractivity contribution is 7.09. The van der Waals surface area contributed by atoms with Crippen molar-refractivity contribution in [1.82, 2.24) is 10.6 Å². The molecule has 0 spiro atoms. The number of carbonyl (C=O) groups excluding carboxylic acids is 1. The summed E-state index contributed by atoms with van der Waals surface area (Å²) < 4.78 is 18.4. The zero-order valence-electron chi connectivity index (χ0n) is 12.9. The van der Waals surface area contributed by atoms with E-state index in [2.05, 4.69) is 10.6 Å². The van der Waals surface area contributed by atoms with Gasteiger partial charge in [0.2, 0.25) is 0 Å². The van der Waals surface area contributed by atoms with Crippen LogP contribution in [0.5, 0.6) is 0 Å². The van der Waals surface area contributed by atoms with Gasteiger partial charge < -0.3 is 20.5 Å². The maximum absolute atomic E-state index is 12.9. The molecular weight excluding hydrogens is 331 g/mol. The molecule has 3 atom stereocenters. The number of hydrogen-bond acceptors (Lipinski definition) is 5. The highest BCUT2D eigenvalue weighted by Gasteiger charge is 2.35. The Morgan fingerprint density at radius 3 is 2.83 bits per heavy atom. The van der Waals surface area contributed by atoms with Crippen LogP contribution >= 0.6 is 11.3 Å². The van der Waals surface area contributed by atoms with Gasteiger partial charge in [0.1, 0.15) is 11.9 Å². The van der Waals surface area contributed by atoms with Gasteiger partial charge in [0, 0.05) is 23.5 Å². The molecule has 3 unspecified atom stereocenters. The zero-order valence-corrected chi connectivity index (χ0v) is 13.8. The summed E-state index contributed by atoms with van der Waals surface area (Å²) in [6.45, 7) is 1.27. The average molecular weight is 350 g/mol. The lowest BCUT2D eigenvalue weighted by molar-refractivity contribution is 0.0398. The van der Waals surface area contributed by atoms with Gasteiger partial charge in [0.25, 0.3) is 5.91 Å². The molecule has 128 valence electrons. The molecule has 2 heterocycles. The topological polar surface area (TPSA) is 70.6 Å². The van der Waals surface area contributed by atoms with Crippen molar-refractivity contribution in [3.63, 3.8) is 0 Å². The smallest absolute Gasteiger partial charge is 0.251 e. The fraction of sp³-hybridized carbons (Fsp3) is 0.353. The Morgan fingerprint density at radius 2 is 2.12 bits per heavy atom. The van der Waals surface area contributed by atoms with Gasteiger partial charge in [0.15, 0.2) is 0 Å². The molecule has 24 heavy (non-hydrogen) atoms. The monoisotopic (exact) mass is 350 g/mol. The van der Waals surface area contributed by atoms with E-state index in [0.717, 1.165) is 0 Å². The van der Waals surface area contributed by atoms with Crippen molar-refractivity contribution in [1.29, 1.82) is 0 Å². The van der Waals surface area contributed by atoms with Crippen LogP contribution in [0.25, 0.3) is 0 Å². The molecule has 1 aromatic carbocycles. The van der Waals surface area contributed by atoms with Gasteiger partial charge in [-0.15, -0.1) is 11.3 Å². The summed E-state index contributed by atoms with van der Waals surface area (Å²) in [6.07, 6.45) is -1.16. The number of nitrogens with one attached hydrogen (secondary N) is 2. The number of thiophene rings is 1. The summed E-state index contributed by atoms with van der Waals surface area (Å²) in [5.74, 6) is -0.707. The molecule has 0 bridgehead atoms. The standard InChI is InChI=1S/C17H19FN2O3S/c18-12-5-3-11(4-6-12)17(22)20-9-15-16(21)14(10-23-15)19-8-13-2-1-7-24-13/h1-7,14-16,19,21H,8-10H2,(H,20,22). The van der Waals surface area contributed by atoms with Gasteiger partial charge in [-0.25, -0.2) is 4.39 Å². The van der Waals surface area contributed by atoms with Crippen molar-refractivity contribution in [2.45, 2.75) is 24.8 Å². The second-order valence-corrected chi connectivity index (χ2v) is 6.68. The van der Waals surface area contributed by atoms with Crippen LogP contribution in [0, 0.1) is 5.82 Å². The van der Waals surface area contributed by atoms with Crippen LogP contribution in [0.15, 0.2) is 41.8 Å². The Hall–Kier alpha value is -1.80. The van der Waals surface area contributed by atoms with Crippen LogP contribution in [0.3, 0.4) is 0 Å². The largest absolute Gasteiger partial charge is 0.389 e. The Balaban J connectivity index is 1.46. The van der Waals surface area contributed by atoms with Crippen molar-refractivity contribution in [3.05, 3.63) is 58.0 Å². The minimum atomic E-state index is -0.696. The third-order valence-electron chi connectivity index (χ3n) is 3.97. The predicted octanol–water partition coefficient (Wildman–Crippen LogP) is 1.54. The summed E-state index contributed by atoms with van der Waals surface area (Å²) in [6, 6.07) is 9.15. The van der Waals surface area contributed by atoms with Crippen LogP contribution in [0.2, 0.25) is 0 Å². The van der Waals surface area contributed by atoms with Crippen LogP contribution in [0.4, 0.5) is 4.39 Å². The van der Waals surface area contributed by atoms with Crippen LogP contribution in [0.1, 0.15) is 15.2 Å². The second-order valence-electron chi connectivity index (χ2n) is 5.65. The van der Waals surface area contributed by atoms with E-state index >= 15 is 0 Å². The third-order valence-corrected chi connectivity index (χ3v) is 4.85. The molecule has 3 N–H and O–H groups in total. The fourth-order valence-electron chi connectivity index (χ4n) is 2.58. The predicted molar refractivity (Wildman–Crippen MR) is 89.4 cm³/mol. The number of hydrogen-bond donors (Lipinski definition) is 3. The second kappa shape index (κ2) is 7.85. The van der Waals surface area contributed by atoms with E-state index in [0.29, 0.717) is 18.7 Å². The van der Waals surface area contributed by atoms with Crippen LogP contribution in [-0.4, -0.2) is 42.4 Å². The number of halogens is 1. The molecule has 1 aromatic heterocycles. The first-order valence-electron chi connectivity index (χ1n) is 7.72. The minimum Gasteiger partial charge on any atom is -0.389 e. The summed E-state index contributed by atoms with van der Waals surface area (Å²) in [5.41, 5.74) is 0.372. The molecule has 0 aliphatic carbocycles. The van der Waals surface area contributed by atoms with E-state index in [1.54, 1.807) is 11.3 Å². The molecule has 7 heteroatoms. The number of aliphatic hydroxyl groups is 1. The number of ether oxygens (including phenoxy) is 1. The highest BCUT2D eigenvalue weighted by atomic mass is 32.1. The zero-order chi connectivity index (χ0) is 16.9. The number of aliphatic hydroxyl groups excluding tert-OH is 1. The fourth-order valence-corrected chi connectivity index (χ4v) is 3.24. The summed E-state index contributed by atoms with van der Waals surface area (Å²) >= 11 is 1.65. The maximum Gasteiger partial charge on any atom is 0.251 e. The lowest BCUT2D eigenvalue weighted by Gasteiger charge is -2.18. The normalized spacial score (nSPS) is 23.3. The van der Waals surface area contributed by atoms with Gasteiger partial charge in [-0.1, -0.05) is 6.07 Å². The molecule has 1 aliphatic heterocycles. The van der Waals surface area contributed by atoms with Crippen molar-refractivity contribution in [2.24, 2.45) is 0 Å². The molecule has 2 aromatic rings. The van der Waals surface area contributed by atoms with Gasteiger partial charge >= 0.3 is 0 Å². The van der Waals surface area contributed by atoms with E-state index in [1.165, 1.54) is 29.1 Å². The van der Waals surface area contributed by atoms with Crippen molar-refractivity contribution in [3.8, 4) is 0 Å². The molecule has 1 aliphatic rings. The van der Waals surface area contributed by atoms with E-state index in [9.17, 15) is 14.3 Å². The van der Waals surface area contributed by atoms with Gasteiger partial charge in [-0.05, 0) is 35.7 Å². The van der Waals surface area contributed by atoms with Crippen molar-refractivity contribution >= 4 is 17.2 Å². The molecule has 3 rings (SSSR count). The maximum atomic E-state index is 12.9. The van der Waals surface area contributed by atoms with Crippen molar-refractivity contribution < 1.29 is 19.0 Å². The van der Waals surface area contributed by atoms with Crippen LogP contribution < -0.4 is 10.6 Å². The van der Waals surface area contributed by atoms with Crippen molar-refractivity contribution in [2.75, 3.05) is 13.2 Å². The lowest BCUT2D eigenvalue weighted by Crippen LogP contribution is -2.44. The molecular formula is C17H19FN2O3S. The van der Waals surface area contributed by atoms with Gasteiger partial charge in [-0.2, -0.15) is 0 Å². The SMILES string of the molecule is O=C(NCC1OCC(NCc2cccs2)C1O)c1ccc(F)cc1. The lowest BCUT2D eigenvalue weighted by atomic mass is 10.1. The van der Waals surface area contributed by atoms with Gasteiger partial charge in [0.05, 0.1) is 18.8 Å². The summed E-state index contributed by atoms with van der Waals surface area (Å²) in [4.78, 5) is 13.2. The molecule has 5 nitrogen and oxygen atoms in total. The van der Waals surface area contributed by atoms with E-state index in [4.69, 9.17) is 4.74 Å². The highest BCUT2D eigenvalue weighted by Crippen LogP contribution is 2.16. The Labute approximate surface area is 143 Å². The summed E-state index contributed by atoms with van der Waals surface area (Å²) in [5, 5.41) is 18.3. The first kappa shape index (κ1) is 17.0. The Morgan fingerprint density at radius 1 is 1.33 bits per heavy atom.